The van der Waals surface area contributed by atoms with E-state index in [4.69, 9.17) is 4.74 Å². The van der Waals surface area contributed by atoms with Crippen molar-refractivity contribution in [2.24, 2.45) is 0 Å². The molecule has 1 aliphatic heterocycles. The van der Waals surface area contributed by atoms with Crippen molar-refractivity contribution in [1.29, 1.82) is 0 Å². The molecule has 2 unspecified atom stereocenters. The van der Waals surface area contributed by atoms with Gasteiger partial charge in [0.25, 0.3) is 0 Å². The first-order valence-electron chi connectivity index (χ1n) is 7.95. The van der Waals surface area contributed by atoms with Crippen LogP contribution in [0.4, 0.5) is 0 Å². The van der Waals surface area contributed by atoms with Gasteiger partial charge in [0.05, 0.1) is 13.2 Å². The lowest BCUT2D eigenvalue weighted by Crippen LogP contribution is -2.43. The van der Waals surface area contributed by atoms with Crippen molar-refractivity contribution in [3.05, 3.63) is 29.8 Å². The molecule has 0 bridgehead atoms. The second-order valence-corrected chi connectivity index (χ2v) is 5.83. The van der Waals surface area contributed by atoms with E-state index < -0.39 is 6.10 Å². The lowest BCUT2D eigenvalue weighted by atomic mass is 9.98. The summed E-state index contributed by atoms with van der Waals surface area (Å²) < 4.78 is 5.24. The zero-order chi connectivity index (χ0) is 15.1. The molecule has 1 aliphatic rings. The second-order valence-electron chi connectivity index (χ2n) is 5.83. The molecule has 4 nitrogen and oxygen atoms in total. The molecule has 118 valence electrons. The van der Waals surface area contributed by atoms with Crippen molar-refractivity contribution in [2.75, 3.05) is 33.8 Å². The first kappa shape index (κ1) is 16.3. The Morgan fingerprint density at radius 2 is 2.29 bits per heavy atom. The molecule has 21 heavy (non-hydrogen) atoms. The van der Waals surface area contributed by atoms with Gasteiger partial charge in [0, 0.05) is 12.6 Å². The van der Waals surface area contributed by atoms with E-state index in [-0.39, 0.29) is 0 Å². The molecule has 0 amide bonds. The number of rotatable bonds is 7. The fourth-order valence-corrected chi connectivity index (χ4v) is 3.11. The Hall–Kier alpha value is -1.10. The summed E-state index contributed by atoms with van der Waals surface area (Å²) >= 11 is 0. The van der Waals surface area contributed by atoms with E-state index in [1.807, 2.05) is 31.3 Å². The van der Waals surface area contributed by atoms with Gasteiger partial charge in [-0.3, -0.25) is 4.90 Å². The minimum atomic E-state index is -0.449. The third-order valence-electron chi connectivity index (χ3n) is 4.36. The Kier molecular flexibility index (Phi) is 6.49. The number of likely N-dealkylation sites (tertiary alicyclic amines) is 1. The number of nitrogens with one attached hydrogen (secondary N) is 1. The van der Waals surface area contributed by atoms with Crippen LogP contribution in [0.5, 0.6) is 5.75 Å². The van der Waals surface area contributed by atoms with Crippen LogP contribution in [-0.2, 0) is 0 Å². The van der Waals surface area contributed by atoms with Crippen molar-refractivity contribution >= 4 is 0 Å². The zero-order valence-electron chi connectivity index (χ0n) is 13.2. The number of aliphatic hydroxyl groups excluding tert-OH is 1. The summed E-state index contributed by atoms with van der Waals surface area (Å²) in [6.45, 7) is 2.84. The SMILES string of the molecule is CNCCC1CCCCN1CC(O)c1cccc(OC)c1. The number of nitrogens with zero attached hydrogens (tertiary/aromatic N) is 1. The molecule has 0 spiro atoms. The van der Waals surface area contributed by atoms with Crippen molar-refractivity contribution in [3.63, 3.8) is 0 Å². The molecule has 1 aromatic rings. The molecule has 0 aliphatic carbocycles. The molecule has 2 N–H and O–H groups in total. The summed E-state index contributed by atoms with van der Waals surface area (Å²) in [7, 11) is 3.65. The quantitative estimate of drug-likeness (QED) is 0.808. The normalized spacial score (nSPS) is 21.2. The van der Waals surface area contributed by atoms with Crippen LogP contribution in [0.25, 0.3) is 0 Å². The Morgan fingerprint density at radius 1 is 1.43 bits per heavy atom. The van der Waals surface area contributed by atoms with Gasteiger partial charge in [-0.1, -0.05) is 18.6 Å². The van der Waals surface area contributed by atoms with Crippen LogP contribution in [0.2, 0.25) is 0 Å². The van der Waals surface area contributed by atoms with Gasteiger partial charge in [-0.25, -0.2) is 0 Å². The molecule has 2 rings (SSSR count). The lowest BCUT2D eigenvalue weighted by molar-refractivity contribution is 0.0639. The number of hydrogen-bond acceptors (Lipinski definition) is 4. The summed E-state index contributed by atoms with van der Waals surface area (Å²) in [5.74, 6) is 0.803. The molecule has 0 saturated carbocycles. The molecule has 4 heteroatoms. The van der Waals surface area contributed by atoms with Crippen LogP contribution in [-0.4, -0.2) is 49.8 Å². The molecule has 1 saturated heterocycles. The topological polar surface area (TPSA) is 44.7 Å². The van der Waals surface area contributed by atoms with Gasteiger partial charge in [0.2, 0.25) is 0 Å². The van der Waals surface area contributed by atoms with Gasteiger partial charge >= 0.3 is 0 Å². The van der Waals surface area contributed by atoms with Crippen molar-refractivity contribution < 1.29 is 9.84 Å². The maximum absolute atomic E-state index is 10.5. The van der Waals surface area contributed by atoms with Crippen LogP contribution in [0.1, 0.15) is 37.4 Å². The Balaban J connectivity index is 1.96. The van der Waals surface area contributed by atoms with E-state index in [1.165, 1.54) is 19.3 Å². The van der Waals surface area contributed by atoms with Gasteiger partial charge in [0.1, 0.15) is 5.75 Å². The third kappa shape index (κ3) is 4.70. The first-order valence-corrected chi connectivity index (χ1v) is 7.95. The predicted octanol–water partition coefficient (Wildman–Crippen LogP) is 2.19. The maximum Gasteiger partial charge on any atom is 0.119 e. The molecule has 1 fully saturated rings. The molecule has 2 atom stereocenters. The van der Waals surface area contributed by atoms with Crippen LogP contribution < -0.4 is 10.1 Å². The van der Waals surface area contributed by atoms with Crippen LogP contribution in [0.15, 0.2) is 24.3 Å². The van der Waals surface area contributed by atoms with Crippen LogP contribution in [0, 0.1) is 0 Å². The largest absolute Gasteiger partial charge is 0.497 e. The van der Waals surface area contributed by atoms with Crippen molar-refractivity contribution in [1.82, 2.24) is 10.2 Å². The number of hydrogen-bond donors (Lipinski definition) is 2. The standard InChI is InChI=1S/C17H28N2O2/c1-18-10-9-15-7-3-4-11-19(15)13-17(20)14-6-5-8-16(12-14)21-2/h5-6,8,12,15,17-18,20H,3-4,7,9-11,13H2,1-2H3. The molecule has 0 aromatic heterocycles. The van der Waals surface area contributed by atoms with Gasteiger partial charge in [-0.05, 0) is 57.1 Å². The zero-order valence-corrected chi connectivity index (χ0v) is 13.2. The second kappa shape index (κ2) is 8.37. The van der Waals surface area contributed by atoms with Gasteiger partial charge < -0.3 is 15.2 Å². The molecule has 0 radical (unpaired) electrons. The number of β-amino-alcohol motifs (C(OH)–C–C–N with tert-alkyl or cyclic N) is 1. The number of ether oxygens (including phenoxy) is 1. The van der Waals surface area contributed by atoms with E-state index in [0.717, 1.165) is 30.8 Å². The lowest BCUT2D eigenvalue weighted by Gasteiger charge is -2.37. The Labute approximate surface area is 128 Å². The highest BCUT2D eigenvalue weighted by Gasteiger charge is 2.24. The van der Waals surface area contributed by atoms with Crippen LogP contribution in [0.3, 0.4) is 0 Å². The Bertz CT molecular complexity index is 425. The monoisotopic (exact) mass is 292 g/mol. The van der Waals surface area contributed by atoms with Gasteiger partial charge in [-0.15, -0.1) is 0 Å². The highest BCUT2D eigenvalue weighted by molar-refractivity contribution is 5.29. The highest BCUT2D eigenvalue weighted by Crippen LogP contribution is 2.24. The molecule has 1 aromatic carbocycles. The summed E-state index contributed by atoms with van der Waals surface area (Å²) in [5.41, 5.74) is 0.937. The summed E-state index contributed by atoms with van der Waals surface area (Å²) in [5, 5.41) is 13.8. The minimum absolute atomic E-state index is 0.449. The van der Waals surface area contributed by atoms with Gasteiger partial charge in [0.15, 0.2) is 0 Å². The molecule has 1 heterocycles. The number of methoxy groups -OCH3 is 1. The average molecular weight is 292 g/mol. The molecular weight excluding hydrogens is 264 g/mol. The van der Waals surface area contributed by atoms with E-state index in [1.54, 1.807) is 7.11 Å². The summed E-state index contributed by atoms with van der Waals surface area (Å²) in [6.07, 6.45) is 4.49. The van der Waals surface area contributed by atoms with Gasteiger partial charge in [-0.2, -0.15) is 0 Å². The maximum atomic E-state index is 10.5. The van der Waals surface area contributed by atoms with E-state index >= 15 is 0 Å². The van der Waals surface area contributed by atoms with E-state index in [9.17, 15) is 5.11 Å². The summed E-state index contributed by atoms with van der Waals surface area (Å²) in [6, 6.07) is 8.34. The predicted molar refractivity (Wildman–Crippen MR) is 85.7 cm³/mol. The van der Waals surface area contributed by atoms with Crippen molar-refractivity contribution in [3.8, 4) is 5.75 Å². The Morgan fingerprint density at radius 3 is 3.05 bits per heavy atom. The van der Waals surface area contributed by atoms with E-state index in [0.29, 0.717) is 12.6 Å². The first-order chi connectivity index (χ1) is 10.2. The number of aliphatic hydroxyl groups is 1. The fourth-order valence-electron chi connectivity index (χ4n) is 3.11. The minimum Gasteiger partial charge on any atom is -0.497 e. The van der Waals surface area contributed by atoms with E-state index in [2.05, 4.69) is 10.2 Å². The van der Waals surface area contributed by atoms with Crippen LogP contribution >= 0.6 is 0 Å². The number of benzene rings is 1. The smallest absolute Gasteiger partial charge is 0.119 e. The van der Waals surface area contributed by atoms with Crippen molar-refractivity contribution in [2.45, 2.75) is 37.8 Å². The highest BCUT2D eigenvalue weighted by atomic mass is 16.5. The number of piperidine rings is 1. The fraction of sp³-hybridized carbons (Fsp3) is 0.647. The summed E-state index contributed by atoms with van der Waals surface area (Å²) in [4.78, 5) is 2.45. The molecular formula is C17H28N2O2. The average Bonchev–Trinajstić information content (AvgIpc) is 2.54. The third-order valence-corrected chi connectivity index (χ3v) is 4.36.